The van der Waals surface area contributed by atoms with Crippen molar-refractivity contribution in [3.05, 3.63) is 87.3 Å². The summed E-state index contributed by atoms with van der Waals surface area (Å²) in [5, 5.41) is 3.27. The molecule has 6 nitrogen and oxygen atoms in total. The molecule has 2 aromatic carbocycles. The molecule has 1 aromatic heterocycles. The predicted molar refractivity (Wildman–Crippen MR) is 119 cm³/mol. The summed E-state index contributed by atoms with van der Waals surface area (Å²) in [6, 6.07) is 17.5. The van der Waals surface area contributed by atoms with E-state index in [1.165, 1.54) is 6.07 Å². The van der Waals surface area contributed by atoms with Crippen LogP contribution in [-0.2, 0) is 4.79 Å². The molecule has 1 amide bonds. The third kappa shape index (κ3) is 3.99. The third-order valence-electron chi connectivity index (χ3n) is 5.82. The quantitative estimate of drug-likeness (QED) is 0.674. The van der Waals surface area contributed by atoms with Crippen LogP contribution in [0.3, 0.4) is 0 Å². The van der Waals surface area contributed by atoms with Gasteiger partial charge in [0.1, 0.15) is 0 Å². The van der Waals surface area contributed by atoms with Crippen molar-refractivity contribution in [1.29, 1.82) is 0 Å². The van der Waals surface area contributed by atoms with Crippen LogP contribution < -0.4 is 15.8 Å². The minimum Gasteiger partial charge on any atom is -0.349 e. The van der Waals surface area contributed by atoms with Gasteiger partial charge in [-0.15, -0.1) is 0 Å². The summed E-state index contributed by atoms with van der Waals surface area (Å²) in [7, 11) is 0. The summed E-state index contributed by atoms with van der Waals surface area (Å²) in [6.45, 7) is 6.61. The van der Waals surface area contributed by atoms with Crippen LogP contribution in [0.5, 0.6) is 0 Å². The molecule has 2 heterocycles. The molecule has 1 saturated heterocycles. The molecule has 0 bridgehead atoms. The van der Waals surface area contributed by atoms with Crippen LogP contribution in [0.2, 0.25) is 0 Å². The number of aromatic nitrogens is 2. The van der Waals surface area contributed by atoms with Gasteiger partial charge in [-0.05, 0) is 43.5 Å². The maximum atomic E-state index is 12.8. The number of carbonyl (C=O) groups excluding carboxylic acids is 1. The highest BCUT2D eigenvalue weighted by atomic mass is 16.2. The molecule has 6 heteroatoms. The van der Waals surface area contributed by atoms with Crippen LogP contribution in [-0.4, -0.2) is 22.4 Å². The first-order chi connectivity index (χ1) is 14.4. The van der Waals surface area contributed by atoms with Gasteiger partial charge in [0, 0.05) is 30.6 Å². The first-order valence-corrected chi connectivity index (χ1v) is 10.2. The fourth-order valence-electron chi connectivity index (χ4n) is 3.95. The van der Waals surface area contributed by atoms with E-state index in [4.69, 9.17) is 0 Å². The van der Waals surface area contributed by atoms with Gasteiger partial charge in [0.25, 0.3) is 5.56 Å². The molecule has 0 unspecified atom stereocenters. The predicted octanol–water partition coefficient (Wildman–Crippen LogP) is 4.08. The van der Waals surface area contributed by atoms with Crippen molar-refractivity contribution in [1.82, 2.24) is 9.97 Å². The summed E-state index contributed by atoms with van der Waals surface area (Å²) >= 11 is 0. The lowest BCUT2D eigenvalue weighted by Gasteiger charge is -2.20. The minimum atomic E-state index is -0.222. The molecule has 0 aliphatic carbocycles. The van der Waals surface area contributed by atoms with Gasteiger partial charge in [-0.2, -0.15) is 0 Å². The monoisotopic (exact) mass is 402 g/mol. The first-order valence-electron chi connectivity index (χ1n) is 10.2. The molecule has 1 fully saturated rings. The maximum Gasteiger partial charge on any atom is 0.252 e. The van der Waals surface area contributed by atoms with Crippen molar-refractivity contribution in [2.24, 2.45) is 0 Å². The van der Waals surface area contributed by atoms with E-state index in [9.17, 15) is 9.59 Å². The van der Waals surface area contributed by atoms with Crippen LogP contribution in [0.4, 0.5) is 11.6 Å². The fourth-order valence-corrected chi connectivity index (χ4v) is 3.95. The lowest BCUT2D eigenvalue weighted by molar-refractivity contribution is -0.117. The molecular weight excluding hydrogens is 376 g/mol. The van der Waals surface area contributed by atoms with Crippen LogP contribution in [0.25, 0.3) is 0 Å². The van der Waals surface area contributed by atoms with E-state index in [0.29, 0.717) is 24.6 Å². The Morgan fingerprint density at radius 2 is 1.87 bits per heavy atom. The van der Waals surface area contributed by atoms with E-state index < -0.39 is 0 Å². The van der Waals surface area contributed by atoms with Crippen LogP contribution >= 0.6 is 0 Å². The Morgan fingerprint density at radius 3 is 2.63 bits per heavy atom. The zero-order chi connectivity index (χ0) is 21.3. The number of nitrogens with zero attached hydrogens (tertiary/aromatic N) is 2. The molecule has 1 aliphatic heterocycles. The average molecular weight is 402 g/mol. The number of aromatic amines is 1. The second-order valence-corrected chi connectivity index (χ2v) is 7.92. The van der Waals surface area contributed by atoms with Crippen LogP contribution in [0, 0.1) is 13.8 Å². The Morgan fingerprint density at radius 1 is 1.10 bits per heavy atom. The van der Waals surface area contributed by atoms with Crippen molar-refractivity contribution in [3.63, 3.8) is 0 Å². The molecule has 154 valence electrons. The number of rotatable bonds is 5. The van der Waals surface area contributed by atoms with Gasteiger partial charge < -0.3 is 10.2 Å². The molecule has 1 aliphatic rings. The van der Waals surface area contributed by atoms with Crippen molar-refractivity contribution >= 4 is 17.5 Å². The van der Waals surface area contributed by atoms with E-state index in [1.54, 1.807) is 0 Å². The maximum absolute atomic E-state index is 12.8. The van der Waals surface area contributed by atoms with Crippen molar-refractivity contribution in [3.8, 4) is 0 Å². The van der Waals surface area contributed by atoms with Crippen molar-refractivity contribution in [2.45, 2.75) is 39.2 Å². The van der Waals surface area contributed by atoms with Gasteiger partial charge >= 0.3 is 0 Å². The van der Waals surface area contributed by atoms with Gasteiger partial charge in [0.05, 0.1) is 11.7 Å². The molecule has 0 spiro atoms. The van der Waals surface area contributed by atoms with E-state index in [2.05, 4.69) is 15.3 Å². The Balaban J connectivity index is 1.57. The van der Waals surface area contributed by atoms with E-state index in [-0.39, 0.29) is 23.4 Å². The Bertz CT molecular complexity index is 1120. The highest BCUT2D eigenvalue weighted by Gasteiger charge is 2.33. The number of nitrogens with one attached hydrogen (secondary N) is 2. The van der Waals surface area contributed by atoms with Crippen LogP contribution in [0.1, 0.15) is 47.7 Å². The number of H-pyrrole nitrogens is 1. The standard InChI is InChI=1S/C24H26N4O2/c1-15-8-7-11-21(16(15)2)28-14-19(12-23(28)30)20-13-22(29)27-24(26-20)25-17(3)18-9-5-4-6-10-18/h4-11,13,17,19H,12,14H2,1-3H3,(H2,25,26,27,29)/t17-,19-/m1/s1. The highest BCUT2D eigenvalue weighted by molar-refractivity contribution is 5.97. The topological polar surface area (TPSA) is 78.1 Å². The fraction of sp³-hybridized carbons (Fsp3) is 0.292. The molecule has 3 aromatic rings. The number of anilines is 2. The zero-order valence-electron chi connectivity index (χ0n) is 17.5. The molecule has 0 saturated carbocycles. The Labute approximate surface area is 176 Å². The van der Waals surface area contributed by atoms with Gasteiger partial charge in [0.2, 0.25) is 11.9 Å². The highest BCUT2D eigenvalue weighted by Crippen LogP contribution is 2.33. The molecular formula is C24H26N4O2. The van der Waals surface area contributed by atoms with Gasteiger partial charge in [-0.1, -0.05) is 42.5 Å². The minimum absolute atomic E-state index is 0.0127. The molecule has 2 N–H and O–H groups in total. The third-order valence-corrected chi connectivity index (χ3v) is 5.82. The summed E-state index contributed by atoms with van der Waals surface area (Å²) in [5.41, 5.74) is 4.71. The largest absolute Gasteiger partial charge is 0.349 e. The van der Waals surface area contributed by atoms with E-state index in [0.717, 1.165) is 22.4 Å². The number of hydrogen-bond acceptors (Lipinski definition) is 4. The second kappa shape index (κ2) is 8.14. The molecule has 0 radical (unpaired) electrons. The zero-order valence-corrected chi connectivity index (χ0v) is 17.5. The number of benzene rings is 2. The van der Waals surface area contributed by atoms with Crippen molar-refractivity contribution in [2.75, 3.05) is 16.8 Å². The Kier molecular flexibility index (Phi) is 5.40. The van der Waals surface area contributed by atoms with Crippen LogP contribution in [0.15, 0.2) is 59.4 Å². The smallest absolute Gasteiger partial charge is 0.252 e. The summed E-state index contributed by atoms with van der Waals surface area (Å²) in [5.74, 6) is 0.363. The van der Waals surface area contributed by atoms with Gasteiger partial charge in [0.15, 0.2) is 0 Å². The van der Waals surface area contributed by atoms with Gasteiger partial charge in [-0.25, -0.2) is 4.98 Å². The average Bonchev–Trinajstić information content (AvgIpc) is 3.12. The molecule has 2 atom stereocenters. The number of amides is 1. The molecule has 30 heavy (non-hydrogen) atoms. The van der Waals surface area contributed by atoms with E-state index >= 15 is 0 Å². The first kappa shape index (κ1) is 19.9. The summed E-state index contributed by atoms with van der Waals surface area (Å²) < 4.78 is 0. The van der Waals surface area contributed by atoms with Gasteiger partial charge in [-0.3, -0.25) is 14.6 Å². The number of hydrogen-bond donors (Lipinski definition) is 2. The number of aryl methyl sites for hydroxylation is 1. The lowest BCUT2D eigenvalue weighted by atomic mass is 10.0. The Hall–Kier alpha value is -3.41. The SMILES string of the molecule is Cc1cccc(N2C[C@H](c3cc(=O)[nH]c(N[C@H](C)c4ccccc4)n3)CC2=O)c1C. The summed E-state index contributed by atoms with van der Waals surface area (Å²) in [6.07, 6.45) is 0.345. The van der Waals surface area contributed by atoms with E-state index in [1.807, 2.05) is 74.2 Å². The normalized spacial score (nSPS) is 17.2. The van der Waals surface area contributed by atoms with Crippen molar-refractivity contribution < 1.29 is 4.79 Å². The lowest BCUT2D eigenvalue weighted by Crippen LogP contribution is -2.25. The summed E-state index contributed by atoms with van der Waals surface area (Å²) in [4.78, 5) is 34.3. The molecule has 4 rings (SSSR count). The second-order valence-electron chi connectivity index (χ2n) is 7.92. The number of carbonyl (C=O) groups is 1.